The normalized spacial score (nSPS) is 13.7. The molecule has 0 unspecified atom stereocenters. The molecule has 1 aliphatic rings. The highest BCUT2D eigenvalue weighted by molar-refractivity contribution is 7.92. The van der Waals surface area contributed by atoms with Crippen LogP contribution >= 0.6 is 0 Å². The summed E-state index contributed by atoms with van der Waals surface area (Å²) in [5, 5.41) is 2.78. The Morgan fingerprint density at radius 3 is 2.64 bits per heavy atom. The predicted octanol–water partition coefficient (Wildman–Crippen LogP) is 3.25. The Morgan fingerprint density at radius 1 is 1.12 bits per heavy atom. The Kier molecular flexibility index (Phi) is 6.41. The molecule has 170 valence electrons. The van der Waals surface area contributed by atoms with E-state index in [1.165, 1.54) is 12.1 Å². The van der Waals surface area contributed by atoms with Crippen LogP contribution in [0.1, 0.15) is 34.3 Å². The number of sulfonamides is 1. The molecule has 9 heteroatoms. The van der Waals surface area contributed by atoms with Gasteiger partial charge in [-0.3, -0.25) is 19.3 Å². The standard InChI is InChI=1S/C24H24N4O4S/c1-17-14-19(10-11-22(17)28-13-5-9-23(28)29)33(31,32)27-21-8-3-2-7-20(21)24(30)26-16-18-6-4-12-25-15-18/h2-4,6-8,10-12,14-15,27H,5,9,13,16H2,1H3,(H,26,30). The first-order chi connectivity index (χ1) is 15.8. The molecular formula is C24H24N4O4S. The van der Waals surface area contributed by atoms with Crippen LogP contribution < -0.4 is 14.9 Å². The van der Waals surface area contributed by atoms with E-state index in [2.05, 4.69) is 15.0 Å². The van der Waals surface area contributed by atoms with E-state index < -0.39 is 15.9 Å². The van der Waals surface area contributed by atoms with Crippen LogP contribution in [0.2, 0.25) is 0 Å². The summed E-state index contributed by atoms with van der Waals surface area (Å²) in [5.74, 6) is -0.366. The van der Waals surface area contributed by atoms with Gasteiger partial charge in [-0.1, -0.05) is 18.2 Å². The molecule has 2 amide bonds. The Labute approximate surface area is 192 Å². The van der Waals surface area contributed by atoms with Crippen molar-refractivity contribution in [3.8, 4) is 0 Å². The minimum absolute atomic E-state index is 0.0399. The molecule has 0 radical (unpaired) electrons. The fourth-order valence-electron chi connectivity index (χ4n) is 3.75. The number of pyridine rings is 1. The van der Waals surface area contributed by atoms with Crippen molar-refractivity contribution in [3.63, 3.8) is 0 Å². The van der Waals surface area contributed by atoms with Crippen molar-refractivity contribution in [1.82, 2.24) is 10.3 Å². The van der Waals surface area contributed by atoms with E-state index in [-0.39, 0.29) is 28.6 Å². The van der Waals surface area contributed by atoms with Gasteiger partial charge in [-0.15, -0.1) is 0 Å². The first-order valence-corrected chi connectivity index (χ1v) is 12.0. The van der Waals surface area contributed by atoms with Gasteiger partial charge in [0, 0.05) is 37.6 Å². The summed E-state index contributed by atoms with van der Waals surface area (Å²) < 4.78 is 28.7. The molecule has 33 heavy (non-hydrogen) atoms. The summed E-state index contributed by atoms with van der Waals surface area (Å²) in [6.07, 6.45) is 4.59. The van der Waals surface area contributed by atoms with Crippen LogP contribution in [0.5, 0.6) is 0 Å². The van der Waals surface area contributed by atoms with Gasteiger partial charge in [0.15, 0.2) is 0 Å². The number of carbonyl (C=O) groups excluding carboxylic acids is 2. The number of hydrogen-bond acceptors (Lipinski definition) is 5. The van der Waals surface area contributed by atoms with Crippen molar-refractivity contribution in [1.29, 1.82) is 0 Å². The maximum absolute atomic E-state index is 13.1. The van der Waals surface area contributed by atoms with Crippen LogP contribution in [0.15, 0.2) is 71.9 Å². The number of nitrogens with zero attached hydrogens (tertiary/aromatic N) is 2. The van der Waals surface area contributed by atoms with Crippen LogP contribution in [-0.4, -0.2) is 31.8 Å². The van der Waals surface area contributed by atoms with Crippen molar-refractivity contribution in [2.75, 3.05) is 16.2 Å². The average molecular weight is 465 g/mol. The minimum atomic E-state index is -3.96. The fraction of sp³-hybridized carbons (Fsp3) is 0.208. The maximum atomic E-state index is 13.1. The Balaban J connectivity index is 1.53. The number of anilines is 2. The topological polar surface area (TPSA) is 108 Å². The number of nitrogens with one attached hydrogen (secondary N) is 2. The van der Waals surface area contributed by atoms with E-state index in [1.54, 1.807) is 60.6 Å². The first kappa shape index (κ1) is 22.5. The lowest BCUT2D eigenvalue weighted by Gasteiger charge is -2.19. The molecule has 2 heterocycles. The Bertz CT molecular complexity index is 1290. The van der Waals surface area contributed by atoms with Crippen LogP contribution in [0.25, 0.3) is 0 Å². The van der Waals surface area contributed by atoms with E-state index in [0.29, 0.717) is 24.2 Å². The molecule has 0 aliphatic carbocycles. The molecule has 8 nitrogen and oxygen atoms in total. The zero-order valence-corrected chi connectivity index (χ0v) is 18.9. The van der Waals surface area contributed by atoms with Crippen molar-refractivity contribution >= 4 is 33.2 Å². The zero-order valence-electron chi connectivity index (χ0n) is 18.1. The lowest BCUT2D eigenvalue weighted by Crippen LogP contribution is -2.25. The first-order valence-electron chi connectivity index (χ1n) is 10.5. The SMILES string of the molecule is Cc1cc(S(=O)(=O)Nc2ccccc2C(=O)NCc2cccnc2)ccc1N1CCCC1=O. The van der Waals surface area contributed by atoms with Gasteiger partial charge >= 0.3 is 0 Å². The quantitative estimate of drug-likeness (QED) is 0.558. The van der Waals surface area contributed by atoms with Gasteiger partial charge in [0.05, 0.1) is 16.1 Å². The summed E-state index contributed by atoms with van der Waals surface area (Å²) in [5.41, 5.74) is 2.62. The molecule has 3 aromatic rings. The smallest absolute Gasteiger partial charge is 0.261 e. The number of aromatic nitrogens is 1. The second kappa shape index (κ2) is 9.41. The highest BCUT2D eigenvalue weighted by atomic mass is 32.2. The van der Waals surface area contributed by atoms with Gasteiger partial charge in [-0.05, 0) is 60.9 Å². The lowest BCUT2D eigenvalue weighted by molar-refractivity contribution is -0.117. The number of carbonyl (C=O) groups is 2. The number of para-hydroxylation sites is 1. The highest BCUT2D eigenvalue weighted by Crippen LogP contribution is 2.28. The number of hydrogen-bond donors (Lipinski definition) is 2. The van der Waals surface area contributed by atoms with Crippen LogP contribution in [0.3, 0.4) is 0 Å². The van der Waals surface area contributed by atoms with Crippen molar-refractivity contribution in [2.24, 2.45) is 0 Å². The molecule has 2 N–H and O–H groups in total. The minimum Gasteiger partial charge on any atom is -0.348 e. The number of amides is 2. The Morgan fingerprint density at radius 2 is 1.94 bits per heavy atom. The van der Waals surface area contributed by atoms with Crippen LogP contribution in [-0.2, 0) is 21.4 Å². The molecule has 0 bridgehead atoms. The molecule has 1 aromatic heterocycles. The van der Waals surface area contributed by atoms with E-state index in [0.717, 1.165) is 12.0 Å². The summed E-state index contributed by atoms with van der Waals surface area (Å²) in [6, 6.07) is 14.7. The average Bonchev–Trinajstić information content (AvgIpc) is 3.23. The summed E-state index contributed by atoms with van der Waals surface area (Å²) >= 11 is 0. The largest absolute Gasteiger partial charge is 0.348 e. The summed E-state index contributed by atoms with van der Waals surface area (Å²) in [4.78, 5) is 30.5. The molecule has 1 fully saturated rings. The third kappa shape index (κ3) is 5.04. The highest BCUT2D eigenvalue weighted by Gasteiger charge is 2.25. The molecule has 1 saturated heterocycles. The van der Waals surface area contributed by atoms with Gasteiger partial charge in [0.1, 0.15) is 0 Å². The molecular weight excluding hydrogens is 440 g/mol. The molecule has 4 rings (SSSR count). The summed E-state index contributed by atoms with van der Waals surface area (Å²) in [7, 11) is -3.96. The van der Waals surface area contributed by atoms with E-state index >= 15 is 0 Å². The van der Waals surface area contributed by atoms with E-state index in [1.807, 2.05) is 6.07 Å². The third-order valence-electron chi connectivity index (χ3n) is 5.43. The maximum Gasteiger partial charge on any atom is 0.261 e. The molecule has 0 atom stereocenters. The predicted molar refractivity (Wildman–Crippen MR) is 125 cm³/mol. The van der Waals surface area contributed by atoms with E-state index in [4.69, 9.17) is 0 Å². The van der Waals surface area contributed by atoms with Gasteiger partial charge in [-0.25, -0.2) is 8.42 Å². The lowest BCUT2D eigenvalue weighted by atomic mass is 10.1. The second-order valence-electron chi connectivity index (χ2n) is 7.79. The Hall–Kier alpha value is -3.72. The number of rotatable bonds is 7. The van der Waals surface area contributed by atoms with Gasteiger partial charge in [0.25, 0.3) is 15.9 Å². The molecule has 1 aliphatic heterocycles. The number of benzene rings is 2. The van der Waals surface area contributed by atoms with Crippen molar-refractivity contribution in [3.05, 3.63) is 83.7 Å². The molecule has 0 saturated carbocycles. The zero-order chi connectivity index (χ0) is 23.4. The van der Waals surface area contributed by atoms with Gasteiger partial charge < -0.3 is 10.2 Å². The fourth-order valence-corrected chi connectivity index (χ4v) is 4.92. The third-order valence-corrected chi connectivity index (χ3v) is 6.80. The second-order valence-corrected chi connectivity index (χ2v) is 9.47. The molecule has 2 aromatic carbocycles. The number of aryl methyl sites for hydroxylation is 1. The van der Waals surface area contributed by atoms with Crippen molar-refractivity contribution < 1.29 is 18.0 Å². The van der Waals surface area contributed by atoms with Gasteiger partial charge in [-0.2, -0.15) is 0 Å². The molecule has 0 spiro atoms. The van der Waals surface area contributed by atoms with Crippen molar-refractivity contribution in [2.45, 2.75) is 31.2 Å². The van der Waals surface area contributed by atoms with E-state index in [9.17, 15) is 18.0 Å². The van der Waals surface area contributed by atoms with Gasteiger partial charge in [0.2, 0.25) is 5.91 Å². The van der Waals surface area contributed by atoms with Crippen LogP contribution in [0, 0.1) is 6.92 Å². The monoisotopic (exact) mass is 464 g/mol. The summed E-state index contributed by atoms with van der Waals surface area (Å²) in [6.45, 7) is 2.68. The van der Waals surface area contributed by atoms with Crippen LogP contribution in [0.4, 0.5) is 11.4 Å².